The number of nitrogens with one attached hydrogen (secondary N) is 1. The van der Waals surface area contributed by atoms with E-state index in [9.17, 15) is 0 Å². The lowest BCUT2D eigenvalue weighted by molar-refractivity contribution is 0.414. The Labute approximate surface area is 182 Å². The quantitative estimate of drug-likeness (QED) is 0.307. The fourth-order valence-corrected chi connectivity index (χ4v) is 3.31. The molecule has 1 aromatic heterocycles. The first-order valence-corrected chi connectivity index (χ1v) is 10.0. The molecule has 0 fully saturated rings. The number of nitrogens with zero attached hydrogens (tertiary/aromatic N) is 4. The van der Waals surface area contributed by atoms with Crippen molar-refractivity contribution in [2.45, 2.75) is 0 Å². The maximum atomic E-state index is 5.36. The van der Waals surface area contributed by atoms with Crippen LogP contribution in [0.5, 0.6) is 5.75 Å². The highest BCUT2D eigenvalue weighted by Crippen LogP contribution is 2.28. The number of hydrogen-bond acceptors (Lipinski definition) is 6. The zero-order chi connectivity index (χ0) is 20.8. The SMILES string of the molecule is COc1ccc(Br)cc1/C=N\Nc1nnc(-c2ccccc2)c(-c2ccccc2)n1. The highest BCUT2D eigenvalue weighted by atomic mass is 79.9. The van der Waals surface area contributed by atoms with Gasteiger partial charge in [0.1, 0.15) is 17.1 Å². The third kappa shape index (κ3) is 4.52. The Hall–Kier alpha value is -3.58. The molecule has 0 aliphatic heterocycles. The van der Waals surface area contributed by atoms with Crippen molar-refractivity contribution in [2.24, 2.45) is 5.10 Å². The van der Waals surface area contributed by atoms with Crippen LogP contribution in [0.15, 0.2) is 88.4 Å². The number of aromatic nitrogens is 3. The molecule has 4 aromatic rings. The lowest BCUT2D eigenvalue weighted by Gasteiger charge is -2.09. The number of methoxy groups -OCH3 is 1. The fourth-order valence-electron chi connectivity index (χ4n) is 2.93. The Kier molecular flexibility index (Phi) is 6.10. The average Bonchev–Trinajstić information content (AvgIpc) is 2.80. The second-order valence-corrected chi connectivity index (χ2v) is 7.24. The van der Waals surface area contributed by atoms with Gasteiger partial charge in [0, 0.05) is 21.2 Å². The Morgan fingerprint density at radius 2 is 1.53 bits per heavy atom. The van der Waals surface area contributed by atoms with Crippen molar-refractivity contribution in [3.63, 3.8) is 0 Å². The standard InChI is InChI=1S/C23H18BrN5O/c1-30-20-13-12-19(24)14-18(20)15-25-28-23-26-21(16-8-4-2-5-9-16)22(27-29-23)17-10-6-3-7-11-17/h2-15H,1H3,(H,26,28,29)/b25-15-. The van der Waals surface area contributed by atoms with E-state index in [-0.39, 0.29) is 0 Å². The molecule has 0 amide bonds. The molecule has 4 rings (SSSR count). The van der Waals surface area contributed by atoms with E-state index in [4.69, 9.17) is 4.74 Å². The molecule has 0 atom stereocenters. The number of hydrogen-bond donors (Lipinski definition) is 1. The van der Waals surface area contributed by atoms with E-state index in [1.54, 1.807) is 13.3 Å². The summed E-state index contributed by atoms with van der Waals surface area (Å²) >= 11 is 3.46. The van der Waals surface area contributed by atoms with Crippen LogP contribution in [0.2, 0.25) is 0 Å². The van der Waals surface area contributed by atoms with Crippen LogP contribution in [-0.2, 0) is 0 Å². The van der Waals surface area contributed by atoms with Crippen LogP contribution in [0.3, 0.4) is 0 Å². The maximum absolute atomic E-state index is 5.36. The number of rotatable bonds is 6. The molecule has 0 bridgehead atoms. The van der Waals surface area contributed by atoms with E-state index in [0.717, 1.165) is 26.9 Å². The van der Waals surface area contributed by atoms with Crippen LogP contribution >= 0.6 is 15.9 Å². The predicted octanol–water partition coefficient (Wildman–Crippen LogP) is 5.42. The monoisotopic (exact) mass is 459 g/mol. The summed E-state index contributed by atoms with van der Waals surface area (Å²) in [4.78, 5) is 4.67. The smallest absolute Gasteiger partial charge is 0.263 e. The number of halogens is 1. The highest BCUT2D eigenvalue weighted by molar-refractivity contribution is 9.10. The molecule has 6 nitrogen and oxygen atoms in total. The van der Waals surface area contributed by atoms with Crippen LogP contribution in [0.25, 0.3) is 22.5 Å². The van der Waals surface area contributed by atoms with E-state index in [2.05, 4.69) is 41.6 Å². The van der Waals surface area contributed by atoms with E-state index < -0.39 is 0 Å². The van der Waals surface area contributed by atoms with Crippen LogP contribution in [-0.4, -0.2) is 28.5 Å². The van der Waals surface area contributed by atoms with Gasteiger partial charge in [-0.25, -0.2) is 10.4 Å². The Morgan fingerprint density at radius 1 is 0.867 bits per heavy atom. The van der Waals surface area contributed by atoms with Gasteiger partial charge in [-0.15, -0.1) is 10.2 Å². The molecule has 1 heterocycles. The molecule has 30 heavy (non-hydrogen) atoms. The summed E-state index contributed by atoms with van der Waals surface area (Å²) in [6, 6.07) is 25.5. The predicted molar refractivity (Wildman–Crippen MR) is 123 cm³/mol. The summed E-state index contributed by atoms with van der Waals surface area (Å²) in [5, 5.41) is 12.9. The Morgan fingerprint density at radius 3 is 2.20 bits per heavy atom. The van der Waals surface area contributed by atoms with Crippen LogP contribution in [0, 0.1) is 0 Å². The normalized spacial score (nSPS) is 10.9. The maximum Gasteiger partial charge on any atom is 0.263 e. The zero-order valence-electron chi connectivity index (χ0n) is 16.2. The Bertz CT molecular complexity index is 1170. The van der Waals surface area contributed by atoms with Gasteiger partial charge < -0.3 is 4.74 Å². The summed E-state index contributed by atoms with van der Waals surface area (Å²) in [5.41, 5.74) is 7.03. The van der Waals surface area contributed by atoms with Crippen LogP contribution < -0.4 is 10.2 Å². The largest absolute Gasteiger partial charge is 0.496 e. The van der Waals surface area contributed by atoms with Gasteiger partial charge in [-0.05, 0) is 18.2 Å². The first kappa shape index (κ1) is 19.7. The minimum atomic E-state index is 0.304. The molecule has 148 valence electrons. The van der Waals surface area contributed by atoms with Gasteiger partial charge in [-0.1, -0.05) is 76.6 Å². The van der Waals surface area contributed by atoms with Crippen molar-refractivity contribution in [1.29, 1.82) is 0 Å². The zero-order valence-corrected chi connectivity index (χ0v) is 17.7. The third-order valence-electron chi connectivity index (χ3n) is 4.34. The fraction of sp³-hybridized carbons (Fsp3) is 0.0435. The van der Waals surface area contributed by atoms with Gasteiger partial charge in [0.15, 0.2) is 0 Å². The van der Waals surface area contributed by atoms with Gasteiger partial charge >= 0.3 is 0 Å². The number of benzene rings is 3. The van der Waals surface area contributed by atoms with E-state index in [1.165, 1.54) is 0 Å². The van der Waals surface area contributed by atoms with Crippen LogP contribution in [0.1, 0.15) is 5.56 Å². The first-order chi connectivity index (χ1) is 14.7. The highest BCUT2D eigenvalue weighted by Gasteiger charge is 2.13. The van der Waals surface area contributed by atoms with Crippen molar-refractivity contribution >= 4 is 28.1 Å². The van der Waals surface area contributed by atoms with Gasteiger partial charge in [0.25, 0.3) is 5.95 Å². The summed E-state index contributed by atoms with van der Waals surface area (Å²) in [6.07, 6.45) is 1.65. The lowest BCUT2D eigenvalue weighted by Crippen LogP contribution is -2.03. The van der Waals surface area contributed by atoms with Crippen molar-refractivity contribution in [1.82, 2.24) is 15.2 Å². The molecule has 0 unspecified atom stereocenters. The van der Waals surface area contributed by atoms with Crippen molar-refractivity contribution in [3.05, 3.63) is 88.9 Å². The topological polar surface area (TPSA) is 72.3 Å². The summed E-state index contributed by atoms with van der Waals surface area (Å²) < 4.78 is 6.29. The lowest BCUT2D eigenvalue weighted by atomic mass is 10.0. The summed E-state index contributed by atoms with van der Waals surface area (Å²) in [6.45, 7) is 0. The molecule has 0 saturated carbocycles. The number of hydrazone groups is 1. The molecule has 1 N–H and O–H groups in total. The van der Waals surface area contributed by atoms with E-state index in [1.807, 2.05) is 78.9 Å². The molecule has 0 radical (unpaired) electrons. The second-order valence-electron chi connectivity index (χ2n) is 6.32. The number of anilines is 1. The Balaban J connectivity index is 1.66. The molecule has 0 spiro atoms. The van der Waals surface area contributed by atoms with Gasteiger partial charge in [-0.2, -0.15) is 5.10 Å². The second kappa shape index (κ2) is 9.28. The molecule has 0 saturated heterocycles. The molecular formula is C23H18BrN5O. The summed E-state index contributed by atoms with van der Waals surface area (Å²) in [7, 11) is 1.62. The average molecular weight is 460 g/mol. The minimum absolute atomic E-state index is 0.304. The van der Waals surface area contributed by atoms with Gasteiger partial charge in [-0.3, -0.25) is 0 Å². The first-order valence-electron chi connectivity index (χ1n) is 9.23. The molecule has 3 aromatic carbocycles. The molecule has 0 aliphatic carbocycles. The third-order valence-corrected chi connectivity index (χ3v) is 4.83. The molecule has 7 heteroatoms. The van der Waals surface area contributed by atoms with Crippen molar-refractivity contribution in [2.75, 3.05) is 12.5 Å². The van der Waals surface area contributed by atoms with Crippen molar-refractivity contribution < 1.29 is 4.74 Å². The minimum Gasteiger partial charge on any atom is -0.496 e. The van der Waals surface area contributed by atoms with Crippen molar-refractivity contribution in [3.8, 4) is 28.3 Å². The number of ether oxygens (including phenoxy) is 1. The van der Waals surface area contributed by atoms with Gasteiger partial charge in [0.2, 0.25) is 0 Å². The van der Waals surface area contributed by atoms with E-state index >= 15 is 0 Å². The van der Waals surface area contributed by atoms with Gasteiger partial charge in [0.05, 0.1) is 13.3 Å². The molecular weight excluding hydrogens is 442 g/mol. The summed E-state index contributed by atoms with van der Waals surface area (Å²) in [5.74, 6) is 1.02. The van der Waals surface area contributed by atoms with E-state index in [0.29, 0.717) is 17.4 Å². The molecule has 0 aliphatic rings. The van der Waals surface area contributed by atoms with Crippen LogP contribution in [0.4, 0.5) is 5.95 Å².